The Kier molecular flexibility index (Phi) is 3.98. The normalized spacial score (nSPS) is 11.3. The summed E-state index contributed by atoms with van der Waals surface area (Å²) in [6, 6.07) is 5.62. The highest BCUT2D eigenvalue weighted by molar-refractivity contribution is 7.92. The van der Waals surface area contributed by atoms with Crippen LogP contribution in [0.25, 0.3) is 0 Å². The van der Waals surface area contributed by atoms with Gasteiger partial charge in [0.05, 0.1) is 11.5 Å². The topological polar surface area (TPSA) is 92.2 Å². The number of halogens is 1. The van der Waals surface area contributed by atoms with Gasteiger partial charge >= 0.3 is 0 Å². The Labute approximate surface area is 115 Å². The number of nitrogens with zero attached hydrogens (tertiary/aromatic N) is 2. The molecule has 0 atom stereocenters. The maximum Gasteiger partial charge on any atom is 0.264 e. The molecular formula is C11H10ClN3O3S. The van der Waals surface area contributed by atoms with Gasteiger partial charge in [-0.2, -0.15) is 0 Å². The maximum absolute atomic E-state index is 12.1. The molecule has 1 aromatic heterocycles. The van der Waals surface area contributed by atoms with E-state index in [0.29, 0.717) is 10.6 Å². The Balaban J connectivity index is 2.35. The van der Waals surface area contributed by atoms with Crippen molar-refractivity contribution < 1.29 is 13.5 Å². The fraction of sp³-hybridized carbons (Fsp3) is 0.0909. The van der Waals surface area contributed by atoms with Gasteiger partial charge in [0.2, 0.25) is 5.95 Å². The third-order valence-electron chi connectivity index (χ3n) is 2.29. The highest BCUT2D eigenvalue weighted by Crippen LogP contribution is 2.21. The van der Waals surface area contributed by atoms with E-state index >= 15 is 0 Å². The number of benzene rings is 1. The first-order chi connectivity index (χ1) is 9.03. The quantitative estimate of drug-likeness (QED) is 0.891. The van der Waals surface area contributed by atoms with Crippen molar-refractivity contribution in [3.8, 4) is 0 Å². The molecule has 0 fully saturated rings. The lowest BCUT2D eigenvalue weighted by molar-refractivity contribution is 0.281. The van der Waals surface area contributed by atoms with Crippen LogP contribution >= 0.6 is 11.6 Å². The number of nitrogens with one attached hydrogen (secondary N) is 1. The van der Waals surface area contributed by atoms with Crippen LogP contribution in [0.15, 0.2) is 41.6 Å². The van der Waals surface area contributed by atoms with E-state index in [1.807, 2.05) is 0 Å². The number of rotatable bonds is 4. The zero-order valence-corrected chi connectivity index (χ0v) is 11.2. The molecule has 0 saturated carbocycles. The second-order valence-corrected chi connectivity index (χ2v) is 5.68. The van der Waals surface area contributed by atoms with Gasteiger partial charge in [0, 0.05) is 17.4 Å². The number of hydrogen-bond acceptors (Lipinski definition) is 5. The minimum atomic E-state index is -3.81. The number of aliphatic hydroxyl groups excluding tert-OH is 1. The summed E-state index contributed by atoms with van der Waals surface area (Å²) in [6.45, 7) is -0.343. The Morgan fingerprint density at radius 2 is 1.95 bits per heavy atom. The predicted molar refractivity (Wildman–Crippen MR) is 70.2 cm³/mol. The van der Waals surface area contributed by atoms with E-state index in [4.69, 9.17) is 16.7 Å². The molecule has 0 unspecified atom stereocenters. The van der Waals surface area contributed by atoms with Crippen molar-refractivity contribution in [3.63, 3.8) is 0 Å². The molecular weight excluding hydrogens is 290 g/mol. The standard InChI is InChI=1S/C11H10ClN3O3S/c12-10-3-2-9(6-8(10)7-16)19(17,18)15-11-13-4-1-5-14-11/h1-6,16H,7H2,(H,13,14,15). The van der Waals surface area contributed by atoms with Gasteiger partial charge in [-0.15, -0.1) is 0 Å². The van der Waals surface area contributed by atoms with E-state index in [1.54, 1.807) is 6.07 Å². The number of aliphatic hydroxyl groups is 1. The second-order valence-electron chi connectivity index (χ2n) is 3.59. The first kappa shape index (κ1) is 13.7. The summed E-state index contributed by atoms with van der Waals surface area (Å²) in [4.78, 5) is 7.53. The minimum Gasteiger partial charge on any atom is -0.392 e. The molecule has 100 valence electrons. The number of aromatic nitrogens is 2. The summed E-state index contributed by atoms with van der Waals surface area (Å²) >= 11 is 5.81. The molecule has 2 N–H and O–H groups in total. The molecule has 1 heterocycles. The van der Waals surface area contributed by atoms with Crippen LogP contribution in [0.1, 0.15) is 5.56 Å². The summed E-state index contributed by atoms with van der Waals surface area (Å²) < 4.78 is 26.4. The van der Waals surface area contributed by atoms with E-state index in [9.17, 15) is 8.42 Å². The zero-order valence-electron chi connectivity index (χ0n) is 9.62. The Bertz CT molecular complexity index is 677. The van der Waals surface area contributed by atoms with Gasteiger partial charge in [-0.3, -0.25) is 0 Å². The van der Waals surface area contributed by atoms with E-state index < -0.39 is 10.0 Å². The SMILES string of the molecule is O=S(=O)(Nc1ncccn1)c1ccc(Cl)c(CO)c1. The van der Waals surface area contributed by atoms with E-state index in [0.717, 1.165) is 0 Å². The van der Waals surface area contributed by atoms with Crippen molar-refractivity contribution in [2.75, 3.05) is 4.72 Å². The van der Waals surface area contributed by atoms with Gasteiger partial charge < -0.3 is 5.11 Å². The molecule has 0 aliphatic carbocycles. The lowest BCUT2D eigenvalue weighted by Gasteiger charge is -2.08. The van der Waals surface area contributed by atoms with Crippen LogP contribution < -0.4 is 4.72 Å². The molecule has 0 spiro atoms. The van der Waals surface area contributed by atoms with E-state index in [2.05, 4.69) is 14.7 Å². The molecule has 0 amide bonds. The molecule has 0 radical (unpaired) electrons. The third-order valence-corrected chi connectivity index (χ3v) is 3.98. The van der Waals surface area contributed by atoms with Crippen LogP contribution in [0, 0.1) is 0 Å². The summed E-state index contributed by atoms with van der Waals surface area (Å²) in [5, 5.41) is 9.38. The Morgan fingerprint density at radius 3 is 2.58 bits per heavy atom. The lowest BCUT2D eigenvalue weighted by atomic mass is 10.2. The molecule has 2 rings (SSSR count). The Hall–Kier alpha value is -1.70. The van der Waals surface area contributed by atoms with Crippen LogP contribution in [-0.4, -0.2) is 23.5 Å². The largest absolute Gasteiger partial charge is 0.392 e. The highest BCUT2D eigenvalue weighted by atomic mass is 35.5. The van der Waals surface area contributed by atoms with Crippen molar-refractivity contribution in [1.82, 2.24) is 9.97 Å². The van der Waals surface area contributed by atoms with Gasteiger partial charge in [-0.1, -0.05) is 11.6 Å². The predicted octanol–water partition coefficient (Wildman–Crippen LogP) is 1.42. The molecule has 0 bridgehead atoms. The van der Waals surface area contributed by atoms with Crippen molar-refractivity contribution >= 4 is 27.6 Å². The van der Waals surface area contributed by atoms with Crippen molar-refractivity contribution in [2.24, 2.45) is 0 Å². The zero-order chi connectivity index (χ0) is 13.9. The number of hydrogen-bond donors (Lipinski definition) is 2. The molecule has 0 saturated heterocycles. The van der Waals surface area contributed by atoms with Gasteiger partial charge in [0.1, 0.15) is 0 Å². The van der Waals surface area contributed by atoms with Gasteiger partial charge in [-0.05, 0) is 29.8 Å². The average molecular weight is 300 g/mol. The monoisotopic (exact) mass is 299 g/mol. The van der Waals surface area contributed by atoms with Gasteiger partial charge in [-0.25, -0.2) is 23.1 Å². The first-order valence-corrected chi connectivity index (χ1v) is 7.08. The lowest BCUT2D eigenvalue weighted by Crippen LogP contribution is -2.15. The Morgan fingerprint density at radius 1 is 1.26 bits per heavy atom. The van der Waals surface area contributed by atoms with Crippen molar-refractivity contribution in [3.05, 3.63) is 47.2 Å². The first-order valence-electron chi connectivity index (χ1n) is 5.22. The molecule has 8 heteroatoms. The second kappa shape index (κ2) is 5.52. The van der Waals surface area contributed by atoms with Crippen molar-refractivity contribution in [2.45, 2.75) is 11.5 Å². The summed E-state index contributed by atoms with van der Waals surface area (Å²) in [6.07, 6.45) is 2.84. The number of anilines is 1. The maximum atomic E-state index is 12.1. The highest BCUT2D eigenvalue weighted by Gasteiger charge is 2.16. The van der Waals surface area contributed by atoms with Crippen molar-refractivity contribution in [1.29, 1.82) is 0 Å². The minimum absolute atomic E-state index is 0.0200. The van der Waals surface area contributed by atoms with Crippen LogP contribution in [0.2, 0.25) is 5.02 Å². The van der Waals surface area contributed by atoms with E-state index in [-0.39, 0.29) is 17.5 Å². The molecule has 0 aliphatic heterocycles. The molecule has 19 heavy (non-hydrogen) atoms. The van der Waals surface area contributed by atoms with E-state index in [1.165, 1.54) is 30.6 Å². The summed E-state index contributed by atoms with van der Waals surface area (Å²) in [7, 11) is -3.81. The fourth-order valence-electron chi connectivity index (χ4n) is 1.37. The fourth-order valence-corrected chi connectivity index (χ4v) is 2.56. The van der Waals surface area contributed by atoms with Crippen LogP contribution in [0.4, 0.5) is 5.95 Å². The molecule has 0 aliphatic rings. The summed E-state index contributed by atoms with van der Waals surface area (Å²) in [5.74, 6) is -0.0250. The van der Waals surface area contributed by atoms with Gasteiger partial charge in [0.15, 0.2) is 0 Å². The summed E-state index contributed by atoms with van der Waals surface area (Å²) in [5.41, 5.74) is 0.332. The molecule has 1 aromatic carbocycles. The smallest absolute Gasteiger partial charge is 0.264 e. The molecule has 6 nitrogen and oxygen atoms in total. The van der Waals surface area contributed by atoms with Crippen LogP contribution in [0.3, 0.4) is 0 Å². The van der Waals surface area contributed by atoms with Gasteiger partial charge in [0.25, 0.3) is 10.0 Å². The van der Waals surface area contributed by atoms with Crippen LogP contribution in [-0.2, 0) is 16.6 Å². The van der Waals surface area contributed by atoms with Crippen LogP contribution in [0.5, 0.6) is 0 Å². The molecule has 2 aromatic rings. The average Bonchev–Trinajstić information content (AvgIpc) is 2.39. The number of sulfonamides is 1. The third kappa shape index (κ3) is 3.19.